The number of carbonyl (C=O) groups is 1. The van der Waals surface area contributed by atoms with Crippen LogP contribution >= 0.6 is 0 Å². The van der Waals surface area contributed by atoms with Gasteiger partial charge in [0.05, 0.1) is 0 Å². The smallest absolute Gasteiger partial charge is 0.412 e. The first-order chi connectivity index (χ1) is 10.8. The Kier molecular flexibility index (Phi) is 5.33. The van der Waals surface area contributed by atoms with Crippen molar-refractivity contribution < 1.29 is 9.53 Å². The standard InChI is InChI=1S/C19H26N2O2/c1-6-7-13(2)20-17-11-8-14-12-15(9-10-16(14)17)21-18(22)23-19(3,4)5/h1,9-10,12-13,17,20H,7-8,11H2,2-5H3,(H,21,22). The van der Waals surface area contributed by atoms with Crippen molar-refractivity contribution in [1.82, 2.24) is 5.32 Å². The third-order valence-corrected chi connectivity index (χ3v) is 3.78. The minimum atomic E-state index is -0.497. The molecule has 1 aromatic rings. The van der Waals surface area contributed by atoms with Gasteiger partial charge in [0.2, 0.25) is 0 Å². The van der Waals surface area contributed by atoms with Gasteiger partial charge in [0.25, 0.3) is 0 Å². The molecule has 0 aromatic heterocycles. The molecule has 1 aliphatic rings. The molecule has 124 valence electrons. The van der Waals surface area contributed by atoms with Crippen LogP contribution in [0.25, 0.3) is 0 Å². The lowest BCUT2D eigenvalue weighted by atomic mass is 10.1. The lowest BCUT2D eigenvalue weighted by Crippen LogP contribution is -2.29. The molecule has 2 N–H and O–H groups in total. The maximum Gasteiger partial charge on any atom is 0.412 e. The van der Waals surface area contributed by atoms with E-state index >= 15 is 0 Å². The van der Waals surface area contributed by atoms with Gasteiger partial charge in [-0.3, -0.25) is 5.32 Å². The highest BCUT2D eigenvalue weighted by atomic mass is 16.6. The van der Waals surface area contributed by atoms with Crippen molar-refractivity contribution in [3.8, 4) is 12.3 Å². The molecule has 1 aliphatic carbocycles. The van der Waals surface area contributed by atoms with Crippen LogP contribution < -0.4 is 10.6 Å². The lowest BCUT2D eigenvalue weighted by molar-refractivity contribution is 0.0636. The number of carbonyl (C=O) groups excluding carboxylic acids is 1. The number of anilines is 1. The van der Waals surface area contributed by atoms with E-state index in [9.17, 15) is 4.79 Å². The molecule has 0 radical (unpaired) electrons. The van der Waals surface area contributed by atoms with E-state index < -0.39 is 11.7 Å². The third-order valence-electron chi connectivity index (χ3n) is 3.78. The maximum absolute atomic E-state index is 11.8. The number of ether oxygens (including phenoxy) is 1. The summed E-state index contributed by atoms with van der Waals surface area (Å²) in [5, 5.41) is 6.37. The Morgan fingerprint density at radius 2 is 2.22 bits per heavy atom. The van der Waals surface area contributed by atoms with Crippen molar-refractivity contribution in [3.05, 3.63) is 29.3 Å². The van der Waals surface area contributed by atoms with Gasteiger partial charge in [0.15, 0.2) is 0 Å². The van der Waals surface area contributed by atoms with Crippen LogP contribution in [0.4, 0.5) is 10.5 Å². The Hall–Kier alpha value is -1.99. The largest absolute Gasteiger partial charge is 0.444 e. The molecule has 4 nitrogen and oxygen atoms in total. The molecule has 2 unspecified atom stereocenters. The van der Waals surface area contributed by atoms with Gasteiger partial charge in [-0.2, -0.15) is 0 Å². The fraction of sp³-hybridized carbons (Fsp3) is 0.526. The Bertz CT molecular complexity index is 611. The predicted molar refractivity (Wildman–Crippen MR) is 93.4 cm³/mol. The number of fused-ring (bicyclic) bond motifs is 1. The average molecular weight is 314 g/mol. The second-order valence-electron chi connectivity index (χ2n) is 7.11. The minimum absolute atomic E-state index is 0.301. The summed E-state index contributed by atoms with van der Waals surface area (Å²) in [7, 11) is 0. The van der Waals surface area contributed by atoms with Gasteiger partial charge in [-0.1, -0.05) is 6.07 Å². The van der Waals surface area contributed by atoms with Crippen molar-refractivity contribution in [2.75, 3.05) is 5.32 Å². The second-order valence-corrected chi connectivity index (χ2v) is 7.11. The number of hydrogen-bond acceptors (Lipinski definition) is 3. The lowest BCUT2D eigenvalue weighted by Gasteiger charge is -2.20. The zero-order valence-corrected chi connectivity index (χ0v) is 14.4. The summed E-state index contributed by atoms with van der Waals surface area (Å²) < 4.78 is 5.28. The number of hydrogen-bond donors (Lipinski definition) is 2. The summed E-state index contributed by atoms with van der Waals surface area (Å²) in [4.78, 5) is 11.8. The van der Waals surface area contributed by atoms with Gasteiger partial charge in [-0.25, -0.2) is 4.79 Å². The summed E-state index contributed by atoms with van der Waals surface area (Å²) in [6.45, 7) is 7.66. The molecule has 0 bridgehead atoms. The highest BCUT2D eigenvalue weighted by Crippen LogP contribution is 2.33. The first kappa shape index (κ1) is 17.4. The molecule has 1 aromatic carbocycles. The van der Waals surface area contributed by atoms with E-state index in [4.69, 9.17) is 11.2 Å². The third kappa shape index (κ3) is 5.01. The Morgan fingerprint density at radius 1 is 1.48 bits per heavy atom. The molecule has 0 heterocycles. The molecule has 0 saturated carbocycles. The molecule has 2 rings (SSSR count). The van der Waals surface area contributed by atoms with Crippen LogP contribution in [0.5, 0.6) is 0 Å². The second kappa shape index (κ2) is 7.06. The topological polar surface area (TPSA) is 50.4 Å². The molecule has 23 heavy (non-hydrogen) atoms. The first-order valence-corrected chi connectivity index (χ1v) is 8.11. The molecular formula is C19H26N2O2. The zero-order chi connectivity index (χ0) is 17.0. The number of rotatable bonds is 4. The van der Waals surface area contributed by atoms with Crippen molar-refractivity contribution in [2.45, 2.75) is 64.6 Å². The Labute approximate surface area is 139 Å². The van der Waals surface area contributed by atoms with Gasteiger partial charge in [0.1, 0.15) is 5.60 Å². The van der Waals surface area contributed by atoms with Gasteiger partial charge >= 0.3 is 6.09 Å². The van der Waals surface area contributed by atoms with E-state index in [-0.39, 0.29) is 0 Å². The maximum atomic E-state index is 11.8. The quantitative estimate of drug-likeness (QED) is 0.825. The van der Waals surface area contributed by atoms with Gasteiger partial charge in [-0.05, 0) is 63.8 Å². The van der Waals surface area contributed by atoms with Crippen LogP contribution in [0.2, 0.25) is 0 Å². The van der Waals surface area contributed by atoms with Crippen LogP contribution in [0, 0.1) is 12.3 Å². The number of amides is 1. The number of nitrogens with one attached hydrogen (secondary N) is 2. The van der Waals surface area contributed by atoms with Crippen molar-refractivity contribution in [2.24, 2.45) is 0 Å². The van der Waals surface area contributed by atoms with Crippen molar-refractivity contribution in [1.29, 1.82) is 0 Å². The number of benzene rings is 1. The molecule has 0 saturated heterocycles. The van der Waals surface area contributed by atoms with E-state index in [1.807, 2.05) is 32.9 Å². The first-order valence-electron chi connectivity index (χ1n) is 8.11. The molecular weight excluding hydrogens is 288 g/mol. The molecule has 2 atom stereocenters. The summed E-state index contributed by atoms with van der Waals surface area (Å²) >= 11 is 0. The van der Waals surface area contributed by atoms with Crippen LogP contribution in [0.1, 0.15) is 57.7 Å². The molecule has 1 amide bonds. The van der Waals surface area contributed by atoms with E-state index in [2.05, 4.69) is 29.5 Å². The molecule has 0 spiro atoms. The summed E-state index contributed by atoms with van der Waals surface area (Å²) in [6, 6.07) is 6.68. The van der Waals surface area contributed by atoms with Crippen molar-refractivity contribution in [3.63, 3.8) is 0 Å². The SMILES string of the molecule is C#CCC(C)NC1CCc2cc(NC(=O)OC(C)(C)C)ccc21. The molecule has 4 heteroatoms. The average Bonchev–Trinajstić information content (AvgIpc) is 2.79. The van der Waals surface area contributed by atoms with E-state index in [0.717, 1.165) is 24.9 Å². The van der Waals surface area contributed by atoms with E-state index in [1.54, 1.807) is 0 Å². The zero-order valence-electron chi connectivity index (χ0n) is 14.4. The van der Waals surface area contributed by atoms with E-state index in [0.29, 0.717) is 12.1 Å². The Balaban J connectivity index is 2.01. The number of terminal acetylenes is 1. The number of aryl methyl sites for hydroxylation is 1. The minimum Gasteiger partial charge on any atom is -0.444 e. The van der Waals surface area contributed by atoms with Crippen LogP contribution in [0.15, 0.2) is 18.2 Å². The van der Waals surface area contributed by atoms with Crippen LogP contribution in [0.3, 0.4) is 0 Å². The van der Waals surface area contributed by atoms with Gasteiger partial charge < -0.3 is 10.1 Å². The predicted octanol–water partition coefficient (Wildman–Crippen LogP) is 4.02. The van der Waals surface area contributed by atoms with Gasteiger partial charge in [0, 0.05) is 24.2 Å². The van der Waals surface area contributed by atoms with E-state index in [1.165, 1.54) is 11.1 Å². The highest BCUT2D eigenvalue weighted by molar-refractivity contribution is 5.85. The summed E-state index contributed by atoms with van der Waals surface area (Å²) in [5.41, 5.74) is 2.84. The van der Waals surface area contributed by atoms with Crippen LogP contribution in [-0.4, -0.2) is 17.7 Å². The van der Waals surface area contributed by atoms with Crippen LogP contribution in [-0.2, 0) is 11.2 Å². The fourth-order valence-electron chi connectivity index (χ4n) is 2.87. The summed E-state index contributed by atoms with van der Waals surface area (Å²) in [6.07, 6.45) is 7.72. The fourth-order valence-corrected chi connectivity index (χ4v) is 2.87. The monoisotopic (exact) mass is 314 g/mol. The highest BCUT2D eigenvalue weighted by Gasteiger charge is 2.24. The normalized spacial score (nSPS) is 18.0. The van der Waals surface area contributed by atoms with Gasteiger partial charge in [-0.15, -0.1) is 12.3 Å². The van der Waals surface area contributed by atoms with Crippen molar-refractivity contribution >= 4 is 11.8 Å². The summed E-state index contributed by atoms with van der Waals surface area (Å²) in [5.74, 6) is 2.69. The molecule has 0 fully saturated rings. The molecule has 0 aliphatic heterocycles. The Morgan fingerprint density at radius 3 is 2.87 bits per heavy atom.